The molecule has 0 aromatic heterocycles. The molecule has 166 valence electrons. The van der Waals surface area contributed by atoms with Crippen molar-refractivity contribution in [3.8, 4) is 5.75 Å². The van der Waals surface area contributed by atoms with Crippen molar-refractivity contribution >= 4 is 57.9 Å². The molecule has 4 rings (SSSR count). The first-order valence-electron chi connectivity index (χ1n) is 9.96. The van der Waals surface area contributed by atoms with E-state index in [4.69, 9.17) is 28.6 Å². The number of carbonyl (C=O) groups is 2. The van der Waals surface area contributed by atoms with Crippen LogP contribution in [0.25, 0.3) is 6.08 Å². The predicted octanol–water partition coefficient (Wildman–Crippen LogP) is 5.95. The summed E-state index contributed by atoms with van der Waals surface area (Å²) >= 11 is 12.7. The van der Waals surface area contributed by atoms with Crippen molar-refractivity contribution in [1.29, 1.82) is 0 Å². The molecule has 0 bridgehead atoms. The lowest BCUT2D eigenvalue weighted by molar-refractivity contribution is -0.145. The number of amides is 1. The van der Waals surface area contributed by atoms with Gasteiger partial charge in [0.2, 0.25) is 0 Å². The SMILES string of the molecule is O=C(O)[C@@H](c1ccccc1)N1C(=O)/C(=C/c2ccccc2OCc2ccccc2Cl)SC1=S. The average Bonchev–Trinajstić information content (AvgIpc) is 3.08. The van der Waals surface area contributed by atoms with Crippen LogP contribution in [-0.4, -0.2) is 26.2 Å². The molecule has 1 aliphatic rings. The van der Waals surface area contributed by atoms with Gasteiger partial charge < -0.3 is 9.84 Å². The maximum Gasteiger partial charge on any atom is 0.331 e. The predicted molar refractivity (Wildman–Crippen MR) is 134 cm³/mol. The minimum atomic E-state index is -1.20. The quantitative estimate of drug-likeness (QED) is 0.323. The standard InChI is InChI=1S/C25H18ClNO4S2/c26-19-12-6-4-11-18(19)15-31-20-13-7-5-10-17(20)14-21-23(28)27(25(32)33-21)22(24(29)30)16-8-2-1-3-9-16/h1-14,22H,15H2,(H,29,30)/b21-14-/t22-/m1/s1. The van der Waals surface area contributed by atoms with E-state index in [2.05, 4.69) is 0 Å². The number of thiocarbonyl (C=S) groups is 1. The Morgan fingerprint density at radius 3 is 2.45 bits per heavy atom. The molecule has 3 aromatic carbocycles. The fourth-order valence-corrected chi connectivity index (χ4v) is 4.88. The van der Waals surface area contributed by atoms with Gasteiger partial charge in [-0.2, -0.15) is 0 Å². The molecule has 0 unspecified atom stereocenters. The summed E-state index contributed by atoms with van der Waals surface area (Å²) in [4.78, 5) is 26.7. The number of ether oxygens (including phenoxy) is 1. The fraction of sp³-hybridized carbons (Fsp3) is 0.0800. The normalized spacial score (nSPS) is 15.7. The third-order valence-corrected chi connectivity index (χ3v) is 6.68. The average molecular weight is 496 g/mol. The van der Waals surface area contributed by atoms with E-state index in [1.165, 1.54) is 0 Å². The highest BCUT2D eigenvalue weighted by Gasteiger charge is 2.41. The molecule has 0 spiro atoms. The van der Waals surface area contributed by atoms with Gasteiger partial charge in [-0.1, -0.05) is 102 Å². The molecule has 1 aliphatic heterocycles. The fourth-order valence-electron chi connectivity index (χ4n) is 3.38. The van der Waals surface area contributed by atoms with Gasteiger partial charge in [0.05, 0.1) is 4.91 Å². The van der Waals surface area contributed by atoms with Crippen LogP contribution in [0.2, 0.25) is 5.02 Å². The summed E-state index contributed by atoms with van der Waals surface area (Å²) in [5.41, 5.74) is 2.00. The molecule has 1 N–H and O–H groups in total. The van der Waals surface area contributed by atoms with E-state index in [9.17, 15) is 14.7 Å². The molecule has 0 saturated carbocycles. The Hall–Kier alpha value is -3.13. The van der Waals surface area contributed by atoms with Crippen molar-refractivity contribution in [2.45, 2.75) is 12.6 Å². The molecule has 0 aliphatic carbocycles. The van der Waals surface area contributed by atoms with E-state index in [-0.39, 0.29) is 10.9 Å². The lowest BCUT2D eigenvalue weighted by atomic mass is 10.1. The zero-order valence-electron chi connectivity index (χ0n) is 17.2. The third kappa shape index (κ3) is 5.11. The summed E-state index contributed by atoms with van der Waals surface area (Å²) in [7, 11) is 0. The molecular weight excluding hydrogens is 478 g/mol. The van der Waals surface area contributed by atoms with Gasteiger partial charge >= 0.3 is 5.97 Å². The van der Waals surface area contributed by atoms with Gasteiger partial charge in [0.25, 0.3) is 5.91 Å². The molecule has 1 amide bonds. The van der Waals surface area contributed by atoms with E-state index < -0.39 is 17.9 Å². The van der Waals surface area contributed by atoms with E-state index in [1.807, 2.05) is 36.4 Å². The Labute approximate surface area is 205 Å². The molecular formula is C25H18ClNO4S2. The van der Waals surface area contributed by atoms with E-state index in [0.29, 0.717) is 26.8 Å². The monoisotopic (exact) mass is 495 g/mol. The molecule has 33 heavy (non-hydrogen) atoms. The number of nitrogens with zero attached hydrogens (tertiary/aromatic N) is 1. The number of hydrogen-bond donors (Lipinski definition) is 1. The largest absolute Gasteiger partial charge is 0.488 e. The van der Waals surface area contributed by atoms with Crippen LogP contribution in [0.3, 0.4) is 0 Å². The second-order valence-electron chi connectivity index (χ2n) is 7.12. The van der Waals surface area contributed by atoms with E-state index in [0.717, 1.165) is 22.2 Å². The van der Waals surface area contributed by atoms with Gasteiger partial charge in [-0.15, -0.1) is 0 Å². The van der Waals surface area contributed by atoms with Crippen LogP contribution in [0.5, 0.6) is 5.75 Å². The molecule has 1 fully saturated rings. The molecule has 3 aromatic rings. The molecule has 0 radical (unpaired) electrons. The first kappa shape index (κ1) is 23.0. The lowest BCUT2D eigenvalue weighted by Crippen LogP contribution is -2.37. The summed E-state index contributed by atoms with van der Waals surface area (Å²) < 4.78 is 6.16. The number of rotatable bonds is 7. The first-order chi connectivity index (χ1) is 16.0. The van der Waals surface area contributed by atoms with Crippen molar-refractivity contribution in [3.05, 3.63) is 105 Å². The number of carbonyl (C=O) groups excluding carboxylic acids is 1. The van der Waals surface area contributed by atoms with Gasteiger partial charge in [-0.05, 0) is 23.8 Å². The second kappa shape index (κ2) is 10.2. The number of thioether (sulfide) groups is 1. The Balaban J connectivity index is 1.60. The number of hydrogen-bond acceptors (Lipinski definition) is 5. The second-order valence-corrected chi connectivity index (χ2v) is 9.20. The van der Waals surface area contributed by atoms with Gasteiger partial charge in [-0.3, -0.25) is 9.69 Å². The van der Waals surface area contributed by atoms with E-state index in [1.54, 1.807) is 48.5 Å². The highest BCUT2D eigenvalue weighted by Crippen LogP contribution is 2.39. The minimum Gasteiger partial charge on any atom is -0.488 e. The van der Waals surface area contributed by atoms with Crippen LogP contribution >= 0.6 is 35.6 Å². The van der Waals surface area contributed by atoms with Gasteiger partial charge in [-0.25, -0.2) is 4.79 Å². The smallest absolute Gasteiger partial charge is 0.331 e. The summed E-state index contributed by atoms with van der Waals surface area (Å²) in [5.74, 6) is -1.04. The Morgan fingerprint density at radius 2 is 1.73 bits per heavy atom. The van der Waals surface area contributed by atoms with Crippen LogP contribution in [0, 0.1) is 0 Å². The zero-order valence-corrected chi connectivity index (χ0v) is 19.6. The molecule has 1 saturated heterocycles. The van der Waals surface area contributed by atoms with Crippen molar-refractivity contribution < 1.29 is 19.4 Å². The lowest BCUT2D eigenvalue weighted by Gasteiger charge is -2.23. The maximum absolute atomic E-state index is 13.2. The van der Waals surface area contributed by atoms with Crippen LogP contribution in [-0.2, 0) is 16.2 Å². The Bertz CT molecular complexity index is 1250. The molecule has 5 nitrogen and oxygen atoms in total. The number of aliphatic carboxylic acids is 1. The summed E-state index contributed by atoms with van der Waals surface area (Å²) in [5, 5.41) is 10.4. The van der Waals surface area contributed by atoms with Crippen molar-refractivity contribution in [1.82, 2.24) is 4.90 Å². The first-order valence-corrected chi connectivity index (χ1v) is 11.6. The Morgan fingerprint density at radius 1 is 1.06 bits per heavy atom. The Kier molecular flexibility index (Phi) is 7.13. The molecule has 8 heteroatoms. The van der Waals surface area contributed by atoms with Crippen molar-refractivity contribution in [2.24, 2.45) is 0 Å². The van der Waals surface area contributed by atoms with E-state index >= 15 is 0 Å². The molecule has 1 atom stereocenters. The van der Waals surface area contributed by atoms with Crippen LogP contribution in [0.4, 0.5) is 0 Å². The minimum absolute atomic E-state index is 0.192. The van der Waals surface area contributed by atoms with Crippen LogP contribution < -0.4 is 4.74 Å². The number of para-hydroxylation sites is 1. The van der Waals surface area contributed by atoms with Crippen molar-refractivity contribution in [3.63, 3.8) is 0 Å². The maximum atomic E-state index is 13.2. The molecule has 1 heterocycles. The van der Waals surface area contributed by atoms with Gasteiger partial charge in [0.1, 0.15) is 16.7 Å². The summed E-state index contributed by atoms with van der Waals surface area (Å²) in [6.45, 7) is 0.264. The topological polar surface area (TPSA) is 66.8 Å². The highest BCUT2D eigenvalue weighted by molar-refractivity contribution is 8.26. The summed E-state index contributed by atoms with van der Waals surface area (Å²) in [6.07, 6.45) is 1.67. The van der Waals surface area contributed by atoms with Crippen molar-refractivity contribution in [2.75, 3.05) is 0 Å². The van der Waals surface area contributed by atoms with Gasteiger partial charge in [0.15, 0.2) is 6.04 Å². The number of halogens is 1. The summed E-state index contributed by atoms with van der Waals surface area (Å²) in [6, 6.07) is 22.1. The third-order valence-electron chi connectivity index (χ3n) is 4.98. The number of carboxylic acids is 1. The highest BCUT2D eigenvalue weighted by atomic mass is 35.5. The number of benzene rings is 3. The zero-order chi connectivity index (χ0) is 23.4. The van der Waals surface area contributed by atoms with Gasteiger partial charge in [0, 0.05) is 16.1 Å². The van der Waals surface area contributed by atoms with Crippen LogP contribution in [0.15, 0.2) is 83.8 Å². The van der Waals surface area contributed by atoms with Crippen LogP contribution in [0.1, 0.15) is 22.7 Å². The number of carboxylic acid groups (broad SMARTS) is 1.